The average molecular weight is 371 g/mol. The van der Waals surface area contributed by atoms with Crippen molar-refractivity contribution in [3.63, 3.8) is 0 Å². The second-order valence-corrected chi connectivity index (χ2v) is 8.54. The Balaban J connectivity index is 1.66. The van der Waals surface area contributed by atoms with E-state index in [1.807, 2.05) is 18.2 Å². The maximum atomic E-state index is 13.1. The first-order valence-corrected chi connectivity index (χ1v) is 10.3. The van der Waals surface area contributed by atoms with Crippen LogP contribution in [0.25, 0.3) is 0 Å². The summed E-state index contributed by atoms with van der Waals surface area (Å²) in [6.45, 7) is 0.590. The van der Waals surface area contributed by atoms with Crippen molar-refractivity contribution in [3.8, 4) is 0 Å². The molecule has 2 aromatic carbocycles. The van der Waals surface area contributed by atoms with E-state index in [0.29, 0.717) is 17.8 Å². The largest absolute Gasteiger partial charge is 0.398 e. The molecule has 136 valence electrons. The number of rotatable bonds is 4. The third-order valence-electron chi connectivity index (χ3n) is 4.82. The number of nitrogens with zero attached hydrogens (tertiary/aromatic N) is 1. The van der Waals surface area contributed by atoms with Gasteiger partial charge in [-0.2, -0.15) is 0 Å². The lowest BCUT2D eigenvalue weighted by molar-refractivity contribution is 0.0985. The Bertz CT molecular complexity index is 968. The first-order chi connectivity index (χ1) is 12.5. The molecule has 0 atom stereocenters. The number of sulfonamides is 1. The van der Waals surface area contributed by atoms with Gasteiger partial charge in [0.2, 0.25) is 10.0 Å². The van der Waals surface area contributed by atoms with Crippen molar-refractivity contribution >= 4 is 27.3 Å². The van der Waals surface area contributed by atoms with Crippen LogP contribution in [0.5, 0.6) is 0 Å². The smallest absolute Gasteiger partial charge is 0.258 e. The number of hydrogen-bond donors (Lipinski definition) is 2. The highest BCUT2D eigenvalue weighted by Crippen LogP contribution is 2.32. The average Bonchev–Trinajstić information content (AvgIpc) is 3.44. The highest BCUT2D eigenvalue weighted by molar-refractivity contribution is 7.89. The minimum absolute atomic E-state index is 0.0244. The van der Waals surface area contributed by atoms with E-state index in [1.54, 1.807) is 17.0 Å². The molecule has 3 N–H and O–H groups in total. The summed E-state index contributed by atoms with van der Waals surface area (Å²) >= 11 is 0. The first-order valence-electron chi connectivity index (χ1n) is 8.77. The van der Waals surface area contributed by atoms with Gasteiger partial charge in [-0.15, -0.1) is 0 Å². The molecular formula is C19H21N3O3S. The van der Waals surface area contributed by atoms with Gasteiger partial charge in [-0.05, 0) is 61.6 Å². The number of nitrogen functional groups attached to an aromatic ring is 1. The first kappa shape index (κ1) is 17.1. The third kappa shape index (κ3) is 3.20. The molecule has 0 aromatic heterocycles. The standard InChI is InChI=1S/C19H21N3O3S/c20-17-7-2-8-18-16(17)6-3-11-22(18)19(23)13-4-1-5-15(12-13)26(24,25)21-14-9-10-14/h1-2,4-5,7-8,12,14,21H,3,6,9-11,20H2. The number of hydrogen-bond acceptors (Lipinski definition) is 4. The van der Waals surface area contributed by atoms with Gasteiger partial charge >= 0.3 is 0 Å². The highest BCUT2D eigenvalue weighted by atomic mass is 32.2. The molecule has 0 spiro atoms. The maximum absolute atomic E-state index is 13.1. The Hall–Kier alpha value is -2.38. The Kier molecular flexibility index (Phi) is 4.20. The van der Waals surface area contributed by atoms with Crippen molar-refractivity contribution < 1.29 is 13.2 Å². The zero-order chi connectivity index (χ0) is 18.3. The number of fused-ring (bicyclic) bond motifs is 1. The Morgan fingerprint density at radius 2 is 1.92 bits per heavy atom. The Labute approximate surface area is 153 Å². The topological polar surface area (TPSA) is 92.5 Å². The summed E-state index contributed by atoms with van der Waals surface area (Å²) in [6.07, 6.45) is 3.40. The monoisotopic (exact) mass is 371 g/mol. The van der Waals surface area contributed by atoms with Crippen LogP contribution in [0.15, 0.2) is 47.4 Å². The van der Waals surface area contributed by atoms with Gasteiger partial charge in [0.05, 0.1) is 4.90 Å². The summed E-state index contributed by atoms with van der Waals surface area (Å²) < 4.78 is 27.5. The van der Waals surface area contributed by atoms with Gasteiger partial charge in [-0.1, -0.05) is 12.1 Å². The lowest BCUT2D eigenvalue weighted by atomic mass is 9.99. The minimum Gasteiger partial charge on any atom is -0.398 e. The van der Waals surface area contributed by atoms with Crippen LogP contribution >= 0.6 is 0 Å². The molecule has 0 radical (unpaired) electrons. The molecule has 6 nitrogen and oxygen atoms in total. The van der Waals surface area contributed by atoms with Gasteiger partial charge in [0, 0.05) is 29.5 Å². The normalized spacial score (nSPS) is 17.0. The van der Waals surface area contributed by atoms with E-state index in [1.165, 1.54) is 12.1 Å². The fourth-order valence-electron chi connectivity index (χ4n) is 3.30. The van der Waals surface area contributed by atoms with Gasteiger partial charge in [-0.25, -0.2) is 13.1 Å². The van der Waals surface area contributed by atoms with Crippen LogP contribution < -0.4 is 15.4 Å². The van der Waals surface area contributed by atoms with Crippen molar-refractivity contribution in [1.82, 2.24) is 4.72 Å². The van der Waals surface area contributed by atoms with E-state index in [0.717, 1.165) is 36.9 Å². The summed E-state index contributed by atoms with van der Waals surface area (Å²) in [5, 5.41) is 0. The number of nitrogens with one attached hydrogen (secondary N) is 1. The molecule has 4 rings (SSSR count). The van der Waals surface area contributed by atoms with E-state index in [4.69, 9.17) is 5.73 Å². The van der Waals surface area contributed by atoms with Gasteiger partial charge in [0.15, 0.2) is 0 Å². The number of anilines is 2. The fourth-order valence-corrected chi connectivity index (χ4v) is 4.65. The highest BCUT2D eigenvalue weighted by Gasteiger charge is 2.29. The molecule has 26 heavy (non-hydrogen) atoms. The van der Waals surface area contributed by atoms with Crippen LogP contribution in [-0.2, 0) is 16.4 Å². The molecular weight excluding hydrogens is 350 g/mol. The van der Waals surface area contributed by atoms with Crippen LogP contribution in [0, 0.1) is 0 Å². The molecule has 0 saturated heterocycles. The van der Waals surface area contributed by atoms with Gasteiger partial charge in [0.1, 0.15) is 0 Å². The summed E-state index contributed by atoms with van der Waals surface area (Å²) in [7, 11) is -3.59. The predicted molar refractivity (Wildman–Crippen MR) is 101 cm³/mol. The van der Waals surface area contributed by atoms with E-state index in [2.05, 4.69) is 4.72 Å². The molecule has 0 bridgehead atoms. The summed E-state index contributed by atoms with van der Waals surface area (Å²) in [5.41, 5.74) is 8.88. The minimum atomic E-state index is -3.59. The SMILES string of the molecule is Nc1cccc2c1CCCN2C(=O)c1cccc(S(=O)(=O)NC2CC2)c1. The van der Waals surface area contributed by atoms with E-state index in [9.17, 15) is 13.2 Å². The van der Waals surface area contributed by atoms with Gasteiger partial charge in [0.25, 0.3) is 5.91 Å². The van der Waals surface area contributed by atoms with Gasteiger partial charge < -0.3 is 10.6 Å². The molecule has 1 amide bonds. The summed E-state index contributed by atoms with van der Waals surface area (Å²) in [5.74, 6) is -0.208. The summed E-state index contributed by atoms with van der Waals surface area (Å²) in [6, 6.07) is 11.8. The predicted octanol–water partition coefficient (Wildman–Crippen LogP) is 2.30. The molecule has 1 aliphatic carbocycles. The van der Waals surface area contributed by atoms with Crippen LogP contribution in [0.2, 0.25) is 0 Å². The molecule has 7 heteroatoms. The molecule has 1 heterocycles. The maximum Gasteiger partial charge on any atom is 0.258 e. The molecule has 2 aliphatic rings. The summed E-state index contributed by atoms with van der Waals surface area (Å²) in [4.78, 5) is 14.9. The lowest BCUT2D eigenvalue weighted by Gasteiger charge is -2.30. The van der Waals surface area contributed by atoms with Crippen LogP contribution in [0.4, 0.5) is 11.4 Å². The zero-order valence-electron chi connectivity index (χ0n) is 14.3. The fraction of sp³-hybridized carbons (Fsp3) is 0.316. The van der Waals surface area contributed by atoms with Gasteiger partial charge in [-0.3, -0.25) is 4.79 Å². The Morgan fingerprint density at radius 1 is 1.15 bits per heavy atom. The third-order valence-corrected chi connectivity index (χ3v) is 6.34. The van der Waals surface area contributed by atoms with Crippen molar-refractivity contribution in [2.45, 2.75) is 36.6 Å². The van der Waals surface area contributed by atoms with Crippen molar-refractivity contribution in [1.29, 1.82) is 0 Å². The molecule has 1 aliphatic heterocycles. The lowest BCUT2D eigenvalue weighted by Crippen LogP contribution is -2.36. The number of carbonyl (C=O) groups is 1. The van der Waals surface area contributed by atoms with Crippen LogP contribution in [0.1, 0.15) is 35.2 Å². The van der Waals surface area contributed by atoms with E-state index >= 15 is 0 Å². The molecule has 2 aromatic rings. The molecule has 1 saturated carbocycles. The number of nitrogens with two attached hydrogens (primary N) is 1. The van der Waals surface area contributed by atoms with Crippen LogP contribution in [-0.4, -0.2) is 26.9 Å². The molecule has 0 unspecified atom stereocenters. The zero-order valence-corrected chi connectivity index (χ0v) is 15.1. The quantitative estimate of drug-likeness (QED) is 0.807. The van der Waals surface area contributed by atoms with Crippen molar-refractivity contribution in [2.75, 3.05) is 17.2 Å². The van der Waals surface area contributed by atoms with E-state index in [-0.39, 0.29) is 16.8 Å². The van der Waals surface area contributed by atoms with E-state index < -0.39 is 10.0 Å². The van der Waals surface area contributed by atoms with Crippen molar-refractivity contribution in [2.24, 2.45) is 0 Å². The second-order valence-electron chi connectivity index (χ2n) is 6.83. The number of benzene rings is 2. The van der Waals surface area contributed by atoms with Crippen LogP contribution in [0.3, 0.4) is 0 Å². The molecule has 1 fully saturated rings. The van der Waals surface area contributed by atoms with Crippen molar-refractivity contribution in [3.05, 3.63) is 53.6 Å². The number of amides is 1. The number of carbonyl (C=O) groups excluding carboxylic acids is 1. The Morgan fingerprint density at radius 3 is 2.69 bits per heavy atom. The second kappa shape index (κ2) is 6.41.